The van der Waals surface area contributed by atoms with Crippen molar-refractivity contribution in [2.24, 2.45) is 5.92 Å². The first kappa shape index (κ1) is 18.5. The lowest BCUT2D eigenvalue weighted by molar-refractivity contribution is 0.0519. The van der Waals surface area contributed by atoms with Crippen molar-refractivity contribution < 1.29 is 9.53 Å². The van der Waals surface area contributed by atoms with E-state index in [1.54, 1.807) is 0 Å². The van der Waals surface area contributed by atoms with Crippen LogP contribution in [0.15, 0.2) is 6.07 Å². The third-order valence-corrected chi connectivity index (χ3v) is 4.22. The number of carbonyl (C=O) groups excluding carboxylic acids is 1. The zero-order valence-corrected chi connectivity index (χ0v) is 15.7. The molecule has 0 spiro atoms. The van der Waals surface area contributed by atoms with Gasteiger partial charge in [0, 0.05) is 24.8 Å². The van der Waals surface area contributed by atoms with Crippen LogP contribution in [0.5, 0.6) is 0 Å². The summed E-state index contributed by atoms with van der Waals surface area (Å²) in [4.78, 5) is 23.2. The molecule has 1 aromatic heterocycles. The largest absolute Gasteiger partial charge is 0.444 e. The van der Waals surface area contributed by atoms with Gasteiger partial charge in [0.15, 0.2) is 0 Å². The van der Waals surface area contributed by atoms with Crippen LogP contribution in [-0.4, -0.2) is 40.8 Å². The highest BCUT2D eigenvalue weighted by atomic mass is 16.6. The molecule has 6 heteroatoms. The van der Waals surface area contributed by atoms with Gasteiger partial charge >= 0.3 is 6.09 Å². The molecule has 2 atom stereocenters. The number of aromatic nitrogens is 2. The van der Waals surface area contributed by atoms with Gasteiger partial charge in [0.05, 0.1) is 6.04 Å². The first-order valence-electron chi connectivity index (χ1n) is 8.71. The van der Waals surface area contributed by atoms with Gasteiger partial charge in [-0.05, 0) is 53.4 Å². The smallest absolute Gasteiger partial charge is 0.407 e. The summed E-state index contributed by atoms with van der Waals surface area (Å²) in [7, 11) is 0. The van der Waals surface area contributed by atoms with E-state index >= 15 is 0 Å². The number of anilines is 1. The maximum atomic E-state index is 12.0. The minimum Gasteiger partial charge on any atom is -0.444 e. The molecule has 1 N–H and O–H groups in total. The predicted molar refractivity (Wildman–Crippen MR) is 95.3 cm³/mol. The van der Waals surface area contributed by atoms with Crippen molar-refractivity contribution in [1.82, 2.24) is 15.3 Å². The summed E-state index contributed by atoms with van der Waals surface area (Å²) >= 11 is 0. The Morgan fingerprint density at radius 3 is 2.71 bits per heavy atom. The molecule has 1 aromatic rings. The van der Waals surface area contributed by atoms with E-state index in [2.05, 4.69) is 27.1 Å². The van der Waals surface area contributed by atoms with E-state index in [-0.39, 0.29) is 12.1 Å². The number of aryl methyl sites for hydroxylation is 2. The number of rotatable bonds is 3. The summed E-state index contributed by atoms with van der Waals surface area (Å²) in [5.74, 6) is 2.20. The predicted octanol–water partition coefficient (Wildman–Crippen LogP) is 3.22. The van der Waals surface area contributed by atoms with E-state index < -0.39 is 5.60 Å². The van der Waals surface area contributed by atoms with Gasteiger partial charge in [-0.25, -0.2) is 14.8 Å². The Morgan fingerprint density at radius 2 is 2.08 bits per heavy atom. The van der Waals surface area contributed by atoms with E-state index in [1.807, 2.05) is 40.7 Å². The van der Waals surface area contributed by atoms with Crippen LogP contribution in [0.25, 0.3) is 0 Å². The second-order valence-electron chi connectivity index (χ2n) is 7.68. The average molecular weight is 334 g/mol. The lowest BCUT2D eigenvalue weighted by Gasteiger charge is -2.41. The lowest BCUT2D eigenvalue weighted by atomic mass is 9.90. The Bertz CT molecular complexity index is 563. The van der Waals surface area contributed by atoms with Crippen molar-refractivity contribution in [3.63, 3.8) is 0 Å². The van der Waals surface area contributed by atoms with Gasteiger partial charge < -0.3 is 15.0 Å². The molecule has 1 amide bonds. The number of piperidine rings is 1. The molecular formula is C18H30N4O2. The third-order valence-electron chi connectivity index (χ3n) is 4.22. The van der Waals surface area contributed by atoms with E-state index in [0.29, 0.717) is 12.5 Å². The van der Waals surface area contributed by atoms with Gasteiger partial charge in [0.1, 0.15) is 17.2 Å². The van der Waals surface area contributed by atoms with Gasteiger partial charge in [-0.2, -0.15) is 0 Å². The first-order chi connectivity index (χ1) is 11.2. The summed E-state index contributed by atoms with van der Waals surface area (Å²) < 4.78 is 5.35. The van der Waals surface area contributed by atoms with Crippen molar-refractivity contribution in [1.29, 1.82) is 0 Å². The van der Waals surface area contributed by atoms with E-state index in [1.165, 1.54) is 0 Å². The number of hydrogen-bond donors (Lipinski definition) is 1. The molecule has 6 nitrogen and oxygen atoms in total. The average Bonchev–Trinajstić information content (AvgIpc) is 2.42. The third kappa shape index (κ3) is 5.08. The minimum absolute atomic E-state index is 0.208. The number of nitrogens with one attached hydrogen (secondary N) is 1. The molecule has 0 aromatic carbocycles. The highest BCUT2D eigenvalue weighted by Crippen LogP contribution is 2.27. The van der Waals surface area contributed by atoms with Crippen LogP contribution >= 0.6 is 0 Å². The summed E-state index contributed by atoms with van der Waals surface area (Å²) in [5.41, 5.74) is 0.484. The quantitative estimate of drug-likeness (QED) is 0.919. The van der Waals surface area contributed by atoms with Crippen molar-refractivity contribution in [2.45, 2.75) is 66.0 Å². The molecule has 0 radical (unpaired) electrons. The van der Waals surface area contributed by atoms with Crippen molar-refractivity contribution >= 4 is 11.9 Å². The molecule has 0 saturated carbocycles. The zero-order chi connectivity index (χ0) is 17.9. The molecule has 0 unspecified atom stereocenters. The van der Waals surface area contributed by atoms with Crippen LogP contribution in [0.1, 0.15) is 52.1 Å². The molecule has 2 rings (SSSR count). The van der Waals surface area contributed by atoms with Crippen LogP contribution in [-0.2, 0) is 4.74 Å². The Balaban J connectivity index is 2.10. The number of carbonyl (C=O) groups is 1. The minimum atomic E-state index is -0.483. The van der Waals surface area contributed by atoms with Gasteiger partial charge in [-0.1, -0.05) is 6.92 Å². The highest BCUT2D eigenvalue weighted by Gasteiger charge is 2.30. The maximum Gasteiger partial charge on any atom is 0.407 e. The van der Waals surface area contributed by atoms with Crippen LogP contribution in [0.3, 0.4) is 0 Å². The van der Waals surface area contributed by atoms with Gasteiger partial charge in [-0.15, -0.1) is 0 Å². The molecule has 134 valence electrons. The summed E-state index contributed by atoms with van der Waals surface area (Å²) in [5, 5.41) is 2.92. The Labute approximate surface area is 145 Å². The Hall–Kier alpha value is -1.85. The van der Waals surface area contributed by atoms with Crippen molar-refractivity contribution in [3.05, 3.63) is 17.6 Å². The number of hydrogen-bond acceptors (Lipinski definition) is 5. The molecular weight excluding hydrogens is 304 g/mol. The Morgan fingerprint density at radius 1 is 1.38 bits per heavy atom. The van der Waals surface area contributed by atoms with Crippen LogP contribution in [0, 0.1) is 19.8 Å². The summed E-state index contributed by atoms with van der Waals surface area (Å²) in [6, 6.07) is 2.23. The number of amides is 1. The molecule has 1 fully saturated rings. The number of alkyl carbamates (subject to hydrolysis) is 1. The molecule has 24 heavy (non-hydrogen) atoms. The van der Waals surface area contributed by atoms with E-state index in [0.717, 1.165) is 36.7 Å². The summed E-state index contributed by atoms with van der Waals surface area (Å²) in [6.07, 6.45) is 1.92. The highest BCUT2D eigenvalue weighted by molar-refractivity contribution is 5.67. The van der Waals surface area contributed by atoms with Crippen LogP contribution in [0.2, 0.25) is 0 Å². The summed E-state index contributed by atoms with van der Waals surface area (Å²) in [6.45, 7) is 13.2. The lowest BCUT2D eigenvalue weighted by Crippen LogP contribution is -2.51. The fraction of sp³-hybridized carbons (Fsp3) is 0.722. The SMILES string of the molecule is Cc1cc(N2CCC[C@H](C)[C@H]2CNC(=O)OC(C)(C)C)nc(C)n1. The molecule has 0 bridgehead atoms. The fourth-order valence-electron chi connectivity index (χ4n) is 3.19. The van der Waals surface area contributed by atoms with E-state index in [4.69, 9.17) is 4.74 Å². The fourth-order valence-corrected chi connectivity index (χ4v) is 3.19. The van der Waals surface area contributed by atoms with Crippen molar-refractivity contribution in [2.75, 3.05) is 18.0 Å². The second-order valence-corrected chi connectivity index (χ2v) is 7.68. The Kier molecular flexibility index (Phi) is 5.67. The molecule has 1 aliphatic rings. The van der Waals surface area contributed by atoms with Gasteiger partial charge in [-0.3, -0.25) is 0 Å². The molecule has 1 aliphatic heterocycles. The van der Waals surface area contributed by atoms with Crippen LogP contribution < -0.4 is 10.2 Å². The van der Waals surface area contributed by atoms with E-state index in [9.17, 15) is 4.79 Å². The maximum absolute atomic E-state index is 12.0. The number of ether oxygens (including phenoxy) is 1. The van der Waals surface area contributed by atoms with Gasteiger partial charge in [0.25, 0.3) is 0 Å². The van der Waals surface area contributed by atoms with Gasteiger partial charge in [0.2, 0.25) is 0 Å². The van der Waals surface area contributed by atoms with Crippen LogP contribution in [0.4, 0.5) is 10.6 Å². The second kappa shape index (κ2) is 7.36. The molecule has 0 aliphatic carbocycles. The normalized spacial score (nSPS) is 21.5. The first-order valence-corrected chi connectivity index (χ1v) is 8.71. The monoisotopic (exact) mass is 334 g/mol. The number of nitrogens with zero attached hydrogens (tertiary/aromatic N) is 3. The molecule has 2 heterocycles. The standard InChI is InChI=1S/C18H30N4O2/c1-12-8-7-9-22(16-10-13(2)20-14(3)21-16)15(12)11-19-17(23)24-18(4,5)6/h10,12,15H,7-9,11H2,1-6H3,(H,19,23)/t12-,15+/m0/s1. The van der Waals surface area contributed by atoms with Crippen molar-refractivity contribution in [3.8, 4) is 0 Å². The zero-order valence-electron chi connectivity index (χ0n) is 15.7. The topological polar surface area (TPSA) is 67.4 Å². The molecule has 1 saturated heterocycles.